The van der Waals surface area contributed by atoms with Crippen LogP contribution in [0.15, 0.2) is 41.5 Å². The van der Waals surface area contributed by atoms with Gasteiger partial charge in [0.2, 0.25) is 0 Å². The highest BCUT2D eigenvalue weighted by Crippen LogP contribution is 2.17. The number of carboxylic acids is 1. The summed E-state index contributed by atoms with van der Waals surface area (Å²) >= 11 is 0. The number of rotatable bonds is 3. The van der Waals surface area contributed by atoms with Crippen molar-refractivity contribution < 1.29 is 9.90 Å². The standard InChI is InChI=1S/C14H12N4O3/c1-17-8-15-16-12(17)7-18-11-5-3-2-4-9(11)10(14(20)21)6-13(18)19/h2-6,8H,7H2,1H3,(H,20,21). The van der Waals surface area contributed by atoms with Crippen LogP contribution in [-0.2, 0) is 13.6 Å². The van der Waals surface area contributed by atoms with Crippen molar-refractivity contribution in [1.82, 2.24) is 19.3 Å². The van der Waals surface area contributed by atoms with Crippen molar-refractivity contribution in [3.63, 3.8) is 0 Å². The van der Waals surface area contributed by atoms with Crippen LogP contribution in [0.2, 0.25) is 0 Å². The zero-order valence-electron chi connectivity index (χ0n) is 11.2. The Balaban J connectivity index is 2.26. The Morgan fingerprint density at radius 3 is 2.76 bits per heavy atom. The van der Waals surface area contributed by atoms with Gasteiger partial charge in [-0.05, 0) is 6.07 Å². The number of para-hydroxylation sites is 1. The minimum atomic E-state index is -1.12. The third-order valence-electron chi connectivity index (χ3n) is 3.35. The van der Waals surface area contributed by atoms with E-state index in [4.69, 9.17) is 0 Å². The summed E-state index contributed by atoms with van der Waals surface area (Å²) in [6.07, 6.45) is 1.55. The van der Waals surface area contributed by atoms with E-state index < -0.39 is 5.97 Å². The fourth-order valence-corrected chi connectivity index (χ4v) is 2.27. The second-order valence-corrected chi connectivity index (χ2v) is 4.66. The van der Waals surface area contributed by atoms with Crippen molar-refractivity contribution >= 4 is 16.9 Å². The SMILES string of the molecule is Cn1cnnc1Cn1c(=O)cc(C(=O)O)c2ccccc21. The van der Waals surface area contributed by atoms with Crippen LogP contribution in [0.25, 0.3) is 10.9 Å². The number of aromatic carboxylic acids is 1. The Labute approximate surface area is 119 Å². The van der Waals surface area contributed by atoms with Gasteiger partial charge < -0.3 is 14.2 Å². The number of benzene rings is 1. The molecule has 0 radical (unpaired) electrons. The highest BCUT2D eigenvalue weighted by molar-refractivity contribution is 6.02. The first-order valence-corrected chi connectivity index (χ1v) is 6.26. The number of nitrogens with zero attached hydrogens (tertiary/aromatic N) is 4. The van der Waals surface area contributed by atoms with E-state index in [1.165, 1.54) is 4.57 Å². The lowest BCUT2D eigenvalue weighted by Gasteiger charge is -2.11. The van der Waals surface area contributed by atoms with Crippen LogP contribution in [0.5, 0.6) is 0 Å². The van der Waals surface area contributed by atoms with Gasteiger partial charge in [0.05, 0.1) is 17.6 Å². The van der Waals surface area contributed by atoms with Gasteiger partial charge in [0.25, 0.3) is 5.56 Å². The molecule has 0 saturated carbocycles. The van der Waals surface area contributed by atoms with E-state index >= 15 is 0 Å². The summed E-state index contributed by atoms with van der Waals surface area (Å²) in [4.78, 5) is 23.5. The molecule has 21 heavy (non-hydrogen) atoms. The molecule has 0 fully saturated rings. The molecular formula is C14H12N4O3. The number of hydrogen-bond acceptors (Lipinski definition) is 4. The van der Waals surface area contributed by atoms with E-state index in [0.717, 1.165) is 6.07 Å². The van der Waals surface area contributed by atoms with Crippen molar-refractivity contribution in [1.29, 1.82) is 0 Å². The lowest BCUT2D eigenvalue weighted by atomic mass is 10.1. The van der Waals surface area contributed by atoms with E-state index in [2.05, 4.69) is 10.2 Å². The highest BCUT2D eigenvalue weighted by atomic mass is 16.4. The molecule has 1 aromatic carbocycles. The van der Waals surface area contributed by atoms with Crippen LogP contribution >= 0.6 is 0 Å². The zero-order valence-corrected chi connectivity index (χ0v) is 11.2. The molecule has 0 atom stereocenters. The van der Waals surface area contributed by atoms with Crippen LogP contribution in [0, 0.1) is 0 Å². The van der Waals surface area contributed by atoms with Gasteiger partial charge in [0, 0.05) is 18.5 Å². The Morgan fingerprint density at radius 1 is 1.33 bits per heavy atom. The maximum Gasteiger partial charge on any atom is 0.336 e. The van der Waals surface area contributed by atoms with E-state index in [1.807, 2.05) is 0 Å². The van der Waals surface area contributed by atoms with Crippen molar-refractivity contribution in [3.05, 3.63) is 58.4 Å². The molecule has 0 amide bonds. The van der Waals surface area contributed by atoms with Gasteiger partial charge in [0.15, 0.2) is 5.82 Å². The van der Waals surface area contributed by atoms with Gasteiger partial charge in [-0.2, -0.15) is 0 Å². The molecule has 0 unspecified atom stereocenters. The molecule has 1 N–H and O–H groups in total. The minimum Gasteiger partial charge on any atom is -0.478 e. The third kappa shape index (κ3) is 2.18. The van der Waals surface area contributed by atoms with Crippen LogP contribution in [0.4, 0.5) is 0 Å². The fraction of sp³-hybridized carbons (Fsp3) is 0.143. The van der Waals surface area contributed by atoms with Gasteiger partial charge in [-0.3, -0.25) is 4.79 Å². The van der Waals surface area contributed by atoms with E-state index in [9.17, 15) is 14.7 Å². The molecule has 106 valence electrons. The van der Waals surface area contributed by atoms with E-state index in [-0.39, 0.29) is 17.7 Å². The number of hydrogen-bond donors (Lipinski definition) is 1. The average molecular weight is 284 g/mol. The summed E-state index contributed by atoms with van der Waals surface area (Å²) in [6.45, 7) is 0.232. The monoisotopic (exact) mass is 284 g/mol. The van der Waals surface area contributed by atoms with Crippen molar-refractivity contribution in [2.75, 3.05) is 0 Å². The topological polar surface area (TPSA) is 90.0 Å². The van der Waals surface area contributed by atoms with E-state index in [1.54, 1.807) is 42.2 Å². The van der Waals surface area contributed by atoms with Gasteiger partial charge in [0.1, 0.15) is 6.33 Å². The number of pyridine rings is 1. The second kappa shape index (κ2) is 4.86. The Kier molecular flexibility index (Phi) is 3.02. The normalized spacial score (nSPS) is 10.9. The zero-order chi connectivity index (χ0) is 15.0. The van der Waals surface area contributed by atoms with Crippen molar-refractivity contribution in [2.24, 2.45) is 7.05 Å². The molecule has 7 nitrogen and oxygen atoms in total. The quantitative estimate of drug-likeness (QED) is 0.771. The number of carbonyl (C=O) groups is 1. The van der Waals surface area contributed by atoms with E-state index in [0.29, 0.717) is 16.7 Å². The summed E-state index contributed by atoms with van der Waals surface area (Å²) in [5, 5.41) is 17.5. The summed E-state index contributed by atoms with van der Waals surface area (Å²) in [7, 11) is 1.79. The maximum atomic E-state index is 12.2. The maximum absolute atomic E-state index is 12.2. The smallest absolute Gasteiger partial charge is 0.336 e. The molecule has 0 aliphatic heterocycles. The van der Waals surface area contributed by atoms with Crippen LogP contribution in [-0.4, -0.2) is 30.4 Å². The molecule has 0 saturated heterocycles. The third-order valence-corrected chi connectivity index (χ3v) is 3.35. The molecule has 0 bridgehead atoms. The second-order valence-electron chi connectivity index (χ2n) is 4.66. The first kappa shape index (κ1) is 13.0. The first-order chi connectivity index (χ1) is 10.1. The Bertz CT molecular complexity index is 895. The van der Waals surface area contributed by atoms with Crippen LogP contribution in [0.1, 0.15) is 16.2 Å². The van der Waals surface area contributed by atoms with Crippen molar-refractivity contribution in [3.8, 4) is 0 Å². The number of carboxylic acid groups (broad SMARTS) is 1. The summed E-state index contributed by atoms with van der Waals surface area (Å²) in [5.41, 5.74) is 0.185. The summed E-state index contributed by atoms with van der Waals surface area (Å²) in [5.74, 6) is -0.501. The number of fused-ring (bicyclic) bond motifs is 1. The fourth-order valence-electron chi connectivity index (χ4n) is 2.27. The first-order valence-electron chi connectivity index (χ1n) is 6.26. The van der Waals surface area contributed by atoms with Crippen LogP contribution < -0.4 is 5.56 Å². The molecule has 3 aromatic rings. The summed E-state index contributed by atoms with van der Waals surface area (Å²) in [6, 6.07) is 8.05. The average Bonchev–Trinajstić information content (AvgIpc) is 2.86. The lowest BCUT2D eigenvalue weighted by molar-refractivity contribution is 0.0698. The molecule has 0 aliphatic carbocycles. The molecule has 2 heterocycles. The molecule has 7 heteroatoms. The predicted molar refractivity (Wildman–Crippen MR) is 75.3 cm³/mol. The Hall–Kier alpha value is -2.96. The predicted octanol–water partition coefficient (Wildman–Crippen LogP) is 0.876. The molecule has 0 aliphatic rings. The molecule has 0 spiro atoms. The van der Waals surface area contributed by atoms with Crippen LogP contribution in [0.3, 0.4) is 0 Å². The van der Waals surface area contributed by atoms with Gasteiger partial charge in [-0.15, -0.1) is 10.2 Å². The minimum absolute atomic E-state index is 0.00446. The summed E-state index contributed by atoms with van der Waals surface area (Å²) < 4.78 is 3.21. The highest BCUT2D eigenvalue weighted by Gasteiger charge is 2.14. The number of aryl methyl sites for hydroxylation is 1. The lowest BCUT2D eigenvalue weighted by Crippen LogP contribution is -2.23. The molecule has 2 aromatic heterocycles. The van der Waals surface area contributed by atoms with Gasteiger partial charge in [-0.25, -0.2) is 4.79 Å². The van der Waals surface area contributed by atoms with Gasteiger partial charge >= 0.3 is 5.97 Å². The molecule has 3 rings (SSSR count). The van der Waals surface area contributed by atoms with Crippen molar-refractivity contribution in [2.45, 2.75) is 6.54 Å². The molecular weight excluding hydrogens is 272 g/mol. The largest absolute Gasteiger partial charge is 0.478 e. The Morgan fingerprint density at radius 2 is 2.10 bits per heavy atom. The number of aromatic nitrogens is 4. The van der Waals surface area contributed by atoms with Gasteiger partial charge in [-0.1, -0.05) is 18.2 Å².